The van der Waals surface area contributed by atoms with Gasteiger partial charge in [-0.25, -0.2) is 0 Å². The van der Waals surface area contributed by atoms with E-state index in [2.05, 4.69) is 10.6 Å². The van der Waals surface area contributed by atoms with E-state index in [0.717, 1.165) is 10.8 Å². The Bertz CT molecular complexity index is 964. The van der Waals surface area contributed by atoms with Crippen molar-refractivity contribution in [2.75, 3.05) is 13.1 Å². The monoisotopic (exact) mass is 378 g/mol. The van der Waals surface area contributed by atoms with E-state index >= 15 is 0 Å². The molecule has 3 aromatic rings. The molecule has 0 spiro atoms. The van der Waals surface area contributed by atoms with Gasteiger partial charge in [0.25, 0.3) is 11.8 Å². The van der Waals surface area contributed by atoms with Crippen LogP contribution in [0.3, 0.4) is 0 Å². The number of hydrogen-bond acceptors (Lipinski definition) is 4. The van der Waals surface area contributed by atoms with Crippen LogP contribution in [0.1, 0.15) is 17.3 Å². The summed E-state index contributed by atoms with van der Waals surface area (Å²) in [5.41, 5.74) is 0.605. The van der Waals surface area contributed by atoms with Gasteiger partial charge in [-0.05, 0) is 48.0 Å². The SMILES string of the molecule is CC(Oc1ccc(O)cc1)C(=O)NCCNC(=O)c1cccc2ccccc12. The summed E-state index contributed by atoms with van der Waals surface area (Å²) in [6.07, 6.45) is -0.696. The molecule has 0 aromatic heterocycles. The molecule has 0 saturated heterocycles. The molecular weight excluding hydrogens is 356 g/mol. The first-order chi connectivity index (χ1) is 13.5. The third-order valence-electron chi connectivity index (χ3n) is 4.26. The fourth-order valence-corrected chi connectivity index (χ4v) is 2.81. The van der Waals surface area contributed by atoms with Crippen molar-refractivity contribution < 1.29 is 19.4 Å². The Morgan fingerprint density at radius 2 is 1.61 bits per heavy atom. The van der Waals surface area contributed by atoms with Crippen molar-refractivity contribution in [2.45, 2.75) is 13.0 Å². The van der Waals surface area contributed by atoms with Crippen molar-refractivity contribution in [3.05, 3.63) is 72.3 Å². The highest BCUT2D eigenvalue weighted by atomic mass is 16.5. The molecule has 0 aliphatic rings. The second kappa shape index (κ2) is 8.90. The highest BCUT2D eigenvalue weighted by Gasteiger charge is 2.14. The predicted molar refractivity (Wildman–Crippen MR) is 107 cm³/mol. The molecule has 0 saturated carbocycles. The maximum atomic E-state index is 12.4. The average Bonchev–Trinajstić information content (AvgIpc) is 2.72. The van der Waals surface area contributed by atoms with Crippen LogP contribution in [0.15, 0.2) is 66.7 Å². The number of fused-ring (bicyclic) bond motifs is 1. The van der Waals surface area contributed by atoms with Crippen LogP contribution in [0, 0.1) is 0 Å². The van der Waals surface area contributed by atoms with Gasteiger partial charge in [0, 0.05) is 18.7 Å². The number of phenols is 1. The third kappa shape index (κ3) is 4.79. The van der Waals surface area contributed by atoms with Crippen molar-refractivity contribution in [2.24, 2.45) is 0 Å². The molecule has 144 valence electrons. The number of amides is 2. The zero-order valence-corrected chi connectivity index (χ0v) is 15.5. The van der Waals surface area contributed by atoms with Crippen molar-refractivity contribution in [1.82, 2.24) is 10.6 Å². The van der Waals surface area contributed by atoms with Gasteiger partial charge in [-0.15, -0.1) is 0 Å². The first-order valence-electron chi connectivity index (χ1n) is 9.04. The summed E-state index contributed by atoms with van der Waals surface area (Å²) in [7, 11) is 0. The topological polar surface area (TPSA) is 87.7 Å². The first kappa shape index (κ1) is 19.2. The summed E-state index contributed by atoms with van der Waals surface area (Å²) >= 11 is 0. The van der Waals surface area contributed by atoms with E-state index in [9.17, 15) is 14.7 Å². The van der Waals surface area contributed by atoms with Crippen molar-refractivity contribution in [1.29, 1.82) is 0 Å². The fourth-order valence-electron chi connectivity index (χ4n) is 2.81. The average molecular weight is 378 g/mol. The van der Waals surface area contributed by atoms with Gasteiger partial charge in [0.1, 0.15) is 11.5 Å². The molecule has 3 rings (SSSR count). The molecule has 3 aromatic carbocycles. The summed E-state index contributed by atoms with van der Waals surface area (Å²) < 4.78 is 5.52. The lowest BCUT2D eigenvalue weighted by Crippen LogP contribution is -2.40. The molecule has 0 heterocycles. The van der Waals surface area contributed by atoms with Crippen LogP contribution in [0.2, 0.25) is 0 Å². The number of nitrogens with one attached hydrogen (secondary N) is 2. The molecule has 0 aliphatic heterocycles. The molecular formula is C22H22N2O4. The lowest BCUT2D eigenvalue weighted by molar-refractivity contribution is -0.127. The lowest BCUT2D eigenvalue weighted by Gasteiger charge is -2.15. The predicted octanol–water partition coefficient (Wildman–Crippen LogP) is 2.86. The van der Waals surface area contributed by atoms with Gasteiger partial charge in [-0.3, -0.25) is 9.59 Å². The number of ether oxygens (including phenoxy) is 1. The molecule has 3 N–H and O–H groups in total. The van der Waals surface area contributed by atoms with Crippen molar-refractivity contribution in [3.63, 3.8) is 0 Å². The van der Waals surface area contributed by atoms with Gasteiger partial charge in [-0.1, -0.05) is 36.4 Å². The minimum absolute atomic E-state index is 0.131. The van der Waals surface area contributed by atoms with Crippen LogP contribution in [0.25, 0.3) is 10.8 Å². The van der Waals surface area contributed by atoms with Gasteiger partial charge in [-0.2, -0.15) is 0 Å². The van der Waals surface area contributed by atoms with Crippen LogP contribution < -0.4 is 15.4 Å². The third-order valence-corrected chi connectivity index (χ3v) is 4.26. The molecule has 6 nitrogen and oxygen atoms in total. The number of carbonyl (C=O) groups excluding carboxylic acids is 2. The Labute approximate surface area is 163 Å². The van der Waals surface area contributed by atoms with E-state index in [1.54, 1.807) is 25.1 Å². The van der Waals surface area contributed by atoms with E-state index in [1.807, 2.05) is 36.4 Å². The maximum absolute atomic E-state index is 12.4. The van der Waals surface area contributed by atoms with Crippen LogP contribution in [0.5, 0.6) is 11.5 Å². The number of carbonyl (C=O) groups is 2. The van der Waals surface area contributed by atoms with Gasteiger partial charge in [0.05, 0.1) is 0 Å². The quantitative estimate of drug-likeness (QED) is 0.552. The summed E-state index contributed by atoms with van der Waals surface area (Å²) in [6, 6.07) is 19.4. The second-order valence-corrected chi connectivity index (χ2v) is 6.33. The summed E-state index contributed by atoms with van der Waals surface area (Å²) in [5.74, 6) is 0.156. The minimum Gasteiger partial charge on any atom is -0.508 e. The fraction of sp³-hybridized carbons (Fsp3) is 0.182. The zero-order chi connectivity index (χ0) is 19.9. The number of hydrogen-bond donors (Lipinski definition) is 3. The number of rotatable bonds is 7. The van der Waals surface area contributed by atoms with Crippen LogP contribution in [-0.4, -0.2) is 36.1 Å². The largest absolute Gasteiger partial charge is 0.508 e. The number of benzene rings is 3. The van der Waals surface area contributed by atoms with Crippen molar-refractivity contribution >= 4 is 22.6 Å². The smallest absolute Gasteiger partial charge is 0.260 e. The van der Waals surface area contributed by atoms with E-state index in [4.69, 9.17) is 4.74 Å². The second-order valence-electron chi connectivity index (χ2n) is 6.33. The Balaban J connectivity index is 1.46. The van der Waals surface area contributed by atoms with Gasteiger partial charge >= 0.3 is 0 Å². The van der Waals surface area contributed by atoms with Crippen LogP contribution >= 0.6 is 0 Å². The molecule has 1 atom stereocenters. The standard InChI is InChI=1S/C22H22N2O4/c1-15(28-18-11-9-17(25)10-12-18)21(26)23-13-14-24-22(27)20-8-4-6-16-5-2-3-7-19(16)20/h2-12,15,25H,13-14H2,1H3,(H,23,26)(H,24,27). The van der Waals surface area contributed by atoms with E-state index in [1.165, 1.54) is 12.1 Å². The molecule has 0 bridgehead atoms. The van der Waals surface area contributed by atoms with E-state index in [-0.39, 0.29) is 17.6 Å². The minimum atomic E-state index is -0.696. The van der Waals surface area contributed by atoms with Gasteiger partial charge in [0.15, 0.2) is 6.10 Å². The normalized spacial score (nSPS) is 11.6. The summed E-state index contributed by atoms with van der Waals surface area (Å²) in [4.78, 5) is 24.5. The van der Waals surface area contributed by atoms with E-state index < -0.39 is 6.10 Å². The lowest BCUT2D eigenvalue weighted by atomic mass is 10.0. The van der Waals surface area contributed by atoms with Crippen LogP contribution in [-0.2, 0) is 4.79 Å². The van der Waals surface area contributed by atoms with E-state index in [0.29, 0.717) is 24.4 Å². The molecule has 0 radical (unpaired) electrons. The Morgan fingerprint density at radius 3 is 2.39 bits per heavy atom. The zero-order valence-electron chi connectivity index (χ0n) is 15.5. The van der Waals surface area contributed by atoms with Gasteiger partial charge < -0.3 is 20.5 Å². The number of phenolic OH excluding ortho intramolecular Hbond substituents is 1. The van der Waals surface area contributed by atoms with Gasteiger partial charge in [0.2, 0.25) is 0 Å². The van der Waals surface area contributed by atoms with Crippen LogP contribution in [0.4, 0.5) is 0 Å². The summed E-state index contributed by atoms with van der Waals surface area (Å²) in [6.45, 7) is 2.23. The highest BCUT2D eigenvalue weighted by molar-refractivity contribution is 6.07. The highest BCUT2D eigenvalue weighted by Crippen LogP contribution is 2.18. The molecule has 28 heavy (non-hydrogen) atoms. The molecule has 2 amide bonds. The van der Waals surface area contributed by atoms with Crippen molar-refractivity contribution in [3.8, 4) is 11.5 Å². The molecule has 0 fully saturated rings. The Hall–Kier alpha value is -3.54. The molecule has 1 unspecified atom stereocenters. The Kier molecular flexibility index (Phi) is 6.11. The molecule has 6 heteroatoms. The first-order valence-corrected chi connectivity index (χ1v) is 9.04. The Morgan fingerprint density at radius 1 is 0.929 bits per heavy atom. The maximum Gasteiger partial charge on any atom is 0.260 e. The molecule has 0 aliphatic carbocycles. The number of aromatic hydroxyl groups is 1. The summed E-state index contributed by atoms with van der Waals surface area (Å²) in [5, 5.41) is 16.7.